The predicted molar refractivity (Wildman–Crippen MR) is 118 cm³/mol. The third-order valence-corrected chi connectivity index (χ3v) is 5.51. The number of aryl methyl sites for hydroxylation is 2. The van der Waals surface area contributed by atoms with Crippen LogP contribution in [0.15, 0.2) is 48.5 Å². The summed E-state index contributed by atoms with van der Waals surface area (Å²) in [6.45, 7) is 8.01. The van der Waals surface area contributed by atoms with Crippen molar-refractivity contribution < 1.29 is 4.79 Å². The molecular formula is C23H27N5O. The Labute approximate surface area is 171 Å². The first-order chi connectivity index (χ1) is 13.9. The highest BCUT2D eigenvalue weighted by atomic mass is 16.2. The minimum absolute atomic E-state index is 0.0287. The average molecular weight is 390 g/mol. The molecule has 0 saturated heterocycles. The molecule has 0 spiro atoms. The van der Waals surface area contributed by atoms with Crippen LogP contribution in [0.1, 0.15) is 17.0 Å². The van der Waals surface area contributed by atoms with Crippen molar-refractivity contribution in [1.29, 1.82) is 0 Å². The summed E-state index contributed by atoms with van der Waals surface area (Å²) in [4.78, 5) is 17.2. The van der Waals surface area contributed by atoms with Crippen LogP contribution in [0.4, 0.5) is 17.1 Å². The Hall–Kier alpha value is -3.28. The lowest BCUT2D eigenvalue weighted by molar-refractivity contribution is -0.115. The van der Waals surface area contributed by atoms with E-state index in [0.29, 0.717) is 6.54 Å². The molecule has 0 unspecified atom stereocenters. The lowest BCUT2D eigenvalue weighted by Gasteiger charge is -2.36. The Morgan fingerprint density at radius 1 is 1.00 bits per heavy atom. The molecule has 3 aromatic rings. The third kappa shape index (κ3) is 3.70. The molecule has 4 rings (SSSR count). The fraction of sp³-hybridized carbons (Fsp3) is 0.304. The van der Waals surface area contributed by atoms with Crippen molar-refractivity contribution in [2.24, 2.45) is 0 Å². The average Bonchev–Trinajstić information content (AvgIpc) is 2.99. The maximum Gasteiger partial charge on any atom is 0.243 e. The van der Waals surface area contributed by atoms with Crippen molar-refractivity contribution >= 4 is 23.0 Å². The van der Waals surface area contributed by atoms with E-state index in [9.17, 15) is 4.79 Å². The second-order valence-corrected chi connectivity index (χ2v) is 7.67. The highest BCUT2D eigenvalue weighted by Crippen LogP contribution is 2.31. The molecular weight excluding hydrogens is 362 g/mol. The molecule has 2 heterocycles. The van der Waals surface area contributed by atoms with Crippen molar-refractivity contribution in [2.45, 2.75) is 20.8 Å². The van der Waals surface area contributed by atoms with Gasteiger partial charge in [-0.25, -0.2) is 4.68 Å². The van der Waals surface area contributed by atoms with E-state index >= 15 is 0 Å². The summed E-state index contributed by atoms with van der Waals surface area (Å²) in [7, 11) is 2.09. The lowest BCUT2D eigenvalue weighted by Crippen LogP contribution is -2.43. The first kappa shape index (κ1) is 19.1. The molecule has 150 valence electrons. The van der Waals surface area contributed by atoms with Crippen LogP contribution in [0.25, 0.3) is 5.69 Å². The Morgan fingerprint density at radius 2 is 1.69 bits per heavy atom. The van der Waals surface area contributed by atoms with E-state index in [1.54, 1.807) is 0 Å². The van der Waals surface area contributed by atoms with Crippen LogP contribution in [0, 0.1) is 20.8 Å². The number of benzene rings is 2. The van der Waals surface area contributed by atoms with E-state index in [4.69, 9.17) is 0 Å². The van der Waals surface area contributed by atoms with Gasteiger partial charge in [0.15, 0.2) is 0 Å². The van der Waals surface area contributed by atoms with Crippen LogP contribution in [-0.4, -0.2) is 42.4 Å². The topological polar surface area (TPSA) is 53.4 Å². The van der Waals surface area contributed by atoms with Crippen LogP contribution < -0.4 is 15.1 Å². The summed E-state index contributed by atoms with van der Waals surface area (Å²) in [6, 6.07) is 16.4. The quantitative estimate of drug-likeness (QED) is 0.739. The number of likely N-dealkylation sites (N-methyl/N-ethyl adjacent to an activating group) is 1. The lowest BCUT2D eigenvalue weighted by atomic mass is 10.1. The molecule has 1 aliphatic rings. The van der Waals surface area contributed by atoms with Crippen LogP contribution in [0.2, 0.25) is 0 Å². The first-order valence-corrected chi connectivity index (χ1v) is 9.92. The van der Waals surface area contributed by atoms with Crippen LogP contribution in [0.5, 0.6) is 0 Å². The van der Waals surface area contributed by atoms with Gasteiger partial charge in [0.05, 0.1) is 40.7 Å². The van der Waals surface area contributed by atoms with Crippen LogP contribution in [0.3, 0.4) is 0 Å². The zero-order valence-electron chi connectivity index (χ0n) is 17.4. The first-order valence-electron chi connectivity index (χ1n) is 9.92. The van der Waals surface area contributed by atoms with Gasteiger partial charge in [0.2, 0.25) is 5.91 Å². The summed E-state index contributed by atoms with van der Waals surface area (Å²) in [5.74, 6) is -0.0287. The monoisotopic (exact) mass is 389 g/mol. The molecule has 1 aliphatic heterocycles. The molecule has 1 amide bonds. The number of carbonyl (C=O) groups excluding carboxylic acids is 1. The fourth-order valence-corrected chi connectivity index (χ4v) is 3.84. The molecule has 0 atom stereocenters. The van der Waals surface area contributed by atoms with Gasteiger partial charge >= 0.3 is 0 Å². The molecule has 2 aromatic carbocycles. The van der Waals surface area contributed by atoms with Crippen molar-refractivity contribution in [2.75, 3.05) is 41.8 Å². The number of aromatic nitrogens is 2. The maximum absolute atomic E-state index is 12.9. The predicted octanol–water partition coefficient (Wildman–Crippen LogP) is 3.69. The fourth-order valence-electron chi connectivity index (χ4n) is 3.84. The molecule has 0 saturated carbocycles. The summed E-state index contributed by atoms with van der Waals surface area (Å²) < 4.78 is 1.88. The zero-order valence-corrected chi connectivity index (χ0v) is 17.4. The van der Waals surface area contributed by atoms with Crippen molar-refractivity contribution in [3.05, 3.63) is 65.5 Å². The Bertz CT molecular complexity index is 1040. The molecule has 29 heavy (non-hydrogen) atoms. The van der Waals surface area contributed by atoms with E-state index in [1.807, 2.05) is 42.8 Å². The van der Waals surface area contributed by atoms with E-state index in [0.717, 1.165) is 47.2 Å². The van der Waals surface area contributed by atoms with Gasteiger partial charge in [-0.2, -0.15) is 5.10 Å². The molecule has 1 aromatic heterocycles. The number of amides is 1. The Balaban J connectivity index is 1.52. The summed E-state index contributed by atoms with van der Waals surface area (Å²) in [5, 5.41) is 7.73. The minimum Gasteiger partial charge on any atom is -0.371 e. The number of rotatable bonds is 4. The molecule has 0 radical (unpaired) electrons. The number of fused-ring (bicyclic) bond motifs is 1. The molecule has 1 N–H and O–H groups in total. The standard InChI is InChI=1S/C23H27N5O/c1-16-9-11-19(12-10-16)28-18(3)23(17(2)25-28)24-22(29)15-27-14-13-26(4)20-7-5-6-8-21(20)27/h5-12H,13-15H2,1-4H3,(H,24,29). The van der Waals surface area contributed by atoms with Crippen LogP contribution >= 0.6 is 0 Å². The van der Waals surface area contributed by atoms with E-state index in [2.05, 4.69) is 58.5 Å². The zero-order chi connectivity index (χ0) is 20.5. The number of nitrogens with one attached hydrogen (secondary N) is 1. The van der Waals surface area contributed by atoms with Crippen molar-refractivity contribution in [3.8, 4) is 5.69 Å². The molecule has 0 aliphatic carbocycles. The Morgan fingerprint density at radius 3 is 2.41 bits per heavy atom. The number of anilines is 3. The van der Waals surface area contributed by atoms with Crippen molar-refractivity contribution in [1.82, 2.24) is 9.78 Å². The number of para-hydroxylation sites is 2. The smallest absolute Gasteiger partial charge is 0.243 e. The molecule has 6 nitrogen and oxygen atoms in total. The number of hydrogen-bond donors (Lipinski definition) is 1. The van der Waals surface area contributed by atoms with Gasteiger partial charge in [-0.15, -0.1) is 0 Å². The number of nitrogens with zero attached hydrogens (tertiary/aromatic N) is 4. The van der Waals surface area contributed by atoms with Gasteiger partial charge in [0.1, 0.15) is 0 Å². The van der Waals surface area contributed by atoms with Crippen LogP contribution in [-0.2, 0) is 4.79 Å². The summed E-state index contributed by atoms with van der Waals surface area (Å²) >= 11 is 0. The maximum atomic E-state index is 12.9. The van der Waals surface area contributed by atoms with Gasteiger partial charge in [-0.1, -0.05) is 29.8 Å². The minimum atomic E-state index is -0.0287. The van der Waals surface area contributed by atoms with E-state index in [1.165, 1.54) is 5.56 Å². The van der Waals surface area contributed by atoms with Gasteiger partial charge < -0.3 is 15.1 Å². The third-order valence-electron chi connectivity index (χ3n) is 5.51. The van der Waals surface area contributed by atoms with Gasteiger partial charge in [0.25, 0.3) is 0 Å². The number of carbonyl (C=O) groups is 1. The number of hydrogen-bond acceptors (Lipinski definition) is 4. The summed E-state index contributed by atoms with van der Waals surface area (Å²) in [5.41, 5.74) is 6.99. The molecule has 0 fully saturated rings. The van der Waals surface area contributed by atoms with E-state index < -0.39 is 0 Å². The second kappa shape index (κ2) is 7.62. The SMILES string of the molecule is Cc1ccc(-n2nc(C)c(NC(=O)CN3CCN(C)c4ccccc43)c2C)cc1. The summed E-state index contributed by atoms with van der Waals surface area (Å²) in [6.07, 6.45) is 0. The van der Waals surface area contributed by atoms with Crippen molar-refractivity contribution in [3.63, 3.8) is 0 Å². The largest absolute Gasteiger partial charge is 0.371 e. The highest BCUT2D eigenvalue weighted by Gasteiger charge is 2.23. The van der Waals surface area contributed by atoms with Gasteiger partial charge in [-0.05, 0) is 45.0 Å². The van der Waals surface area contributed by atoms with Gasteiger partial charge in [0, 0.05) is 20.1 Å². The highest BCUT2D eigenvalue weighted by molar-refractivity contribution is 5.96. The van der Waals surface area contributed by atoms with Gasteiger partial charge in [-0.3, -0.25) is 4.79 Å². The molecule has 6 heteroatoms. The normalized spacial score (nSPS) is 13.4. The molecule has 0 bridgehead atoms. The van der Waals surface area contributed by atoms with E-state index in [-0.39, 0.29) is 5.91 Å². The second-order valence-electron chi connectivity index (χ2n) is 7.67. The Kier molecular flexibility index (Phi) is 5.01.